The number of ether oxygens (including phenoxy) is 1. The third-order valence-electron chi connectivity index (χ3n) is 2.26. The van der Waals surface area contributed by atoms with Crippen LogP contribution in [0.2, 0.25) is 0 Å². The Morgan fingerprint density at radius 1 is 1.58 bits per heavy atom. The van der Waals surface area contributed by atoms with Crippen molar-refractivity contribution in [1.29, 1.82) is 0 Å². The average molecular weight is 278 g/mol. The largest absolute Gasteiger partial charge is 0.468 e. The first kappa shape index (κ1) is 15.1. The summed E-state index contributed by atoms with van der Waals surface area (Å²) in [6, 6.07) is 1.01. The minimum Gasteiger partial charge on any atom is -0.468 e. The summed E-state index contributed by atoms with van der Waals surface area (Å²) in [7, 11) is 0. The molecule has 8 heteroatoms. The Labute approximate surface area is 107 Å². The molecule has 1 atom stereocenters. The lowest BCUT2D eigenvalue weighted by molar-refractivity contribution is -0.154. The first-order valence-corrected chi connectivity index (χ1v) is 5.34. The number of alkyl halides is 3. The fraction of sp³-hybridized carbons (Fsp3) is 0.455. The zero-order valence-electron chi connectivity index (χ0n) is 10.3. The Morgan fingerprint density at radius 2 is 2.21 bits per heavy atom. The van der Waals surface area contributed by atoms with Gasteiger partial charge in [0.25, 0.3) is 0 Å². The molecular formula is C11H13F3N2O3. The maximum atomic E-state index is 12.0. The van der Waals surface area contributed by atoms with Crippen molar-refractivity contribution in [2.24, 2.45) is 0 Å². The SMILES string of the molecule is Cc1cc(C(C)NC(=O)O)cnc1OCC(F)(F)F. The highest BCUT2D eigenvalue weighted by Gasteiger charge is 2.29. The predicted octanol–water partition coefficient (Wildman–Crippen LogP) is 2.66. The van der Waals surface area contributed by atoms with Crippen molar-refractivity contribution in [2.45, 2.75) is 26.1 Å². The van der Waals surface area contributed by atoms with Crippen LogP contribution in [0.15, 0.2) is 12.3 Å². The van der Waals surface area contributed by atoms with Gasteiger partial charge in [-0.1, -0.05) is 0 Å². The van der Waals surface area contributed by atoms with Gasteiger partial charge in [-0.15, -0.1) is 0 Å². The fourth-order valence-corrected chi connectivity index (χ4v) is 1.39. The van der Waals surface area contributed by atoms with Crippen LogP contribution in [0, 0.1) is 6.92 Å². The number of nitrogens with one attached hydrogen (secondary N) is 1. The van der Waals surface area contributed by atoms with Gasteiger partial charge >= 0.3 is 12.3 Å². The van der Waals surface area contributed by atoms with Gasteiger partial charge in [0.1, 0.15) is 0 Å². The van der Waals surface area contributed by atoms with Crippen LogP contribution < -0.4 is 10.1 Å². The molecule has 0 aliphatic heterocycles. The number of aromatic nitrogens is 1. The first-order chi connectivity index (χ1) is 8.69. The molecule has 1 aromatic rings. The topological polar surface area (TPSA) is 71.5 Å². The fourth-order valence-electron chi connectivity index (χ4n) is 1.39. The molecule has 106 valence electrons. The normalized spacial score (nSPS) is 12.9. The van der Waals surface area contributed by atoms with Crippen LogP contribution in [0.1, 0.15) is 24.1 Å². The third kappa shape index (κ3) is 5.02. The van der Waals surface area contributed by atoms with Crippen LogP contribution >= 0.6 is 0 Å². The number of hydrogen-bond donors (Lipinski definition) is 2. The summed E-state index contributed by atoms with van der Waals surface area (Å²) in [5.41, 5.74) is 0.944. The minimum absolute atomic E-state index is 0.122. The Balaban J connectivity index is 2.77. The summed E-state index contributed by atoms with van der Waals surface area (Å²) in [6.07, 6.45) is -4.34. The number of hydrogen-bond acceptors (Lipinski definition) is 3. The van der Waals surface area contributed by atoms with Crippen LogP contribution in [0.3, 0.4) is 0 Å². The summed E-state index contributed by atoms with van der Waals surface area (Å²) >= 11 is 0. The Morgan fingerprint density at radius 3 is 2.68 bits per heavy atom. The van der Waals surface area contributed by atoms with Gasteiger partial charge in [0, 0.05) is 11.8 Å². The van der Waals surface area contributed by atoms with Gasteiger partial charge in [0.05, 0.1) is 6.04 Å². The molecule has 0 radical (unpaired) electrons. The number of rotatable bonds is 4. The summed E-state index contributed by atoms with van der Waals surface area (Å²) in [5.74, 6) is -0.122. The number of halogens is 3. The van der Waals surface area contributed by atoms with Crippen LogP contribution in [-0.4, -0.2) is 29.0 Å². The Kier molecular flexibility index (Phi) is 4.57. The summed E-state index contributed by atoms with van der Waals surface area (Å²) < 4.78 is 40.5. The van der Waals surface area contributed by atoms with Gasteiger partial charge in [0.2, 0.25) is 5.88 Å². The van der Waals surface area contributed by atoms with Crippen LogP contribution in [0.4, 0.5) is 18.0 Å². The van der Waals surface area contributed by atoms with Crippen molar-refractivity contribution in [1.82, 2.24) is 10.3 Å². The minimum atomic E-state index is -4.43. The first-order valence-electron chi connectivity index (χ1n) is 5.34. The highest BCUT2D eigenvalue weighted by atomic mass is 19.4. The molecule has 0 aromatic carbocycles. The molecule has 0 spiro atoms. The lowest BCUT2D eigenvalue weighted by Gasteiger charge is -2.14. The van der Waals surface area contributed by atoms with Gasteiger partial charge in [-0.25, -0.2) is 9.78 Å². The quantitative estimate of drug-likeness (QED) is 0.888. The van der Waals surface area contributed by atoms with Gasteiger partial charge in [-0.3, -0.25) is 0 Å². The Bertz CT molecular complexity index is 463. The molecule has 0 aliphatic carbocycles. The van der Waals surface area contributed by atoms with E-state index in [2.05, 4.69) is 15.0 Å². The highest BCUT2D eigenvalue weighted by molar-refractivity contribution is 5.65. The second-order valence-corrected chi connectivity index (χ2v) is 3.97. The number of amides is 1. The molecule has 0 saturated heterocycles. The van der Waals surface area contributed by atoms with E-state index in [4.69, 9.17) is 5.11 Å². The molecule has 1 heterocycles. The smallest absolute Gasteiger partial charge is 0.422 e. The molecule has 19 heavy (non-hydrogen) atoms. The Hall–Kier alpha value is -1.99. The predicted molar refractivity (Wildman–Crippen MR) is 60.1 cm³/mol. The zero-order chi connectivity index (χ0) is 14.6. The summed E-state index contributed by atoms with van der Waals surface area (Å²) in [5, 5.41) is 10.8. The third-order valence-corrected chi connectivity index (χ3v) is 2.26. The second-order valence-electron chi connectivity index (χ2n) is 3.97. The van der Waals surface area contributed by atoms with Gasteiger partial charge in [-0.2, -0.15) is 13.2 Å². The van der Waals surface area contributed by atoms with Gasteiger partial charge in [0.15, 0.2) is 6.61 Å². The van der Waals surface area contributed by atoms with Crippen molar-refractivity contribution in [3.8, 4) is 5.88 Å². The molecule has 0 fully saturated rings. The number of carbonyl (C=O) groups is 1. The number of aryl methyl sites for hydroxylation is 1. The summed E-state index contributed by atoms with van der Waals surface area (Å²) in [6.45, 7) is 1.72. The monoisotopic (exact) mass is 278 g/mol. The molecule has 0 bridgehead atoms. The number of nitrogens with zero attached hydrogens (tertiary/aromatic N) is 1. The molecule has 5 nitrogen and oxygen atoms in total. The van der Waals surface area contributed by atoms with Gasteiger partial charge < -0.3 is 15.2 Å². The zero-order valence-corrected chi connectivity index (χ0v) is 10.3. The maximum Gasteiger partial charge on any atom is 0.422 e. The molecule has 1 amide bonds. The van der Waals surface area contributed by atoms with Crippen molar-refractivity contribution >= 4 is 6.09 Å². The van der Waals surface area contributed by atoms with Gasteiger partial charge in [-0.05, 0) is 25.5 Å². The molecule has 0 aliphatic rings. The highest BCUT2D eigenvalue weighted by Crippen LogP contribution is 2.22. The molecular weight excluding hydrogens is 265 g/mol. The average Bonchev–Trinajstić information content (AvgIpc) is 2.25. The van der Waals surface area contributed by atoms with Crippen molar-refractivity contribution in [3.05, 3.63) is 23.4 Å². The van der Waals surface area contributed by atoms with E-state index in [1.165, 1.54) is 19.2 Å². The van der Waals surface area contributed by atoms with E-state index < -0.39 is 24.9 Å². The van der Waals surface area contributed by atoms with Crippen LogP contribution in [0.25, 0.3) is 0 Å². The van der Waals surface area contributed by atoms with Crippen LogP contribution in [-0.2, 0) is 0 Å². The van der Waals surface area contributed by atoms with E-state index in [9.17, 15) is 18.0 Å². The maximum absolute atomic E-state index is 12.0. The molecule has 1 unspecified atom stereocenters. The molecule has 0 saturated carbocycles. The lowest BCUT2D eigenvalue weighted by atomic mass is 10.1. The second kappa shape index (κ2) is 5.77. The molecule has 1 rings (SSSR count). The van der Waals surface area contributed by atoms with E-state index in [0.29, 0.717) is 11.1 Å². The van der Waals surface area contributed by atoms with Crippen molar-refractivity contribution < 1.29 is 27.8 Å². The number of pyridine rings is 1. The standard InChI is InChI=1S/C11H13F3N2O3/c1-6-3-8(7(2)16-10(17)18)4-15-9(6)19-5-11(12,13)14/h3-4,7,16H,5H2,1-2H3,(H,17,18). The van der Waals surface area contributed by atoms with E-state index in [0.717, 1.165) is 0 Å². The molecule has 2 N–H and O–H groups in total. The van der Waals surface area contributed by atoms with E-state index in [-0.39, 0.29) is 5.88 Å². The van der Waals surface area contributed by atoms with Crippen LogP contribution in [0.5, 0.6) is 5.88 Å². The van der Waals surface area contributed by atoms with E-state index >= 15 is 0 Å². The van der Waals surface area contributed by atoms with E-state index in [1.807, 2.05) is 0 Å². The van der Waals surface area contributed by atoms with E-state index in [1.54, 1.807) is 6.92 Å². The number of carboxylic acid groups (broad SMARTS) is 1. The summed E-state index contributed by atoms with van der Waals surface area (Å²) in [4.78, 5) is 14.2. The lowest BCUT2D eigenvalue weighted by Crippen LogP contribution is -2.24. The molecule has 1 aromatic heterocycles. The van der Waals surface area contributed by atoms with Crippen molar-refractivity contribution in [2.75, 3.05) is 6.61 Å². The van der Waals surface area contributed by atoms with Crippen molar-refractivity contribution in [3.63, 3.8) is 0 Å².